The van der Waals surface area contributed by atoms with E-state index in [0.29, 0.717) is 24.2 Å². The van der Waals surface area contributed by atoms with Crippen molar-refractivity contribution in [2.24, 2.45) is 13.0 Å². The molecule has 4 rings (SSSR count). The zero-order chi connectivity index (χ0) is 17.9. The minimum absolute atomic E-state index is 0. The molecule has 1 unspecified atom stereocenters. The van der Waals surface area contributed by atoms with Gasteiger partial charge in [-0.25, -0.2) is 4.68 Å². The van der Waals surface area contributed by atoms with E-state index in [1.807, 2.05) is 7.05 Å². The van der Waals surface area contributed by atoms with Crippen molar-refractivity contribution in [1.82, 2.24) is 20.1 Å². The number of aryl methyl sites for hydroxylation is 2. The SMILES string of the molecule is Cl.Cn1nc(C2CCNCC2)nc1NC(=O)CC1CCc2ccccc2C1. The molecule has 1 aliphatic carbocycles. The number of carbonyl (C=O) groups is 1. The van der Waals surface area contributed by atoms with Gasteiger partial charge < -0.3 is 5.32 Å². The second kappa shape index (κ2) is 8.85. The molecule has 6 nitrogen and oxygen atoms in total. The van der Waals surface area contributed by atoms with Gasteiger partial charge >= 0.3 is 0 Å². The van der Waals surface area contributed by atoms with Crippen LogP contribution in [0.1, 0.15) is 48.6 Å². The molecule has 1 aliphatic heterocycles. The third kappa shape index (κ3) is 4.68. The van der Waals surface area contributed by atoms with Crippen LogP contribution in [0, 0.1) is 5.92 Å². The van der Waals surface area contributed by atoms with Crippen LogP contribution in [-0.2, 0) is 24.7 Å². The Morgan fingerprint density at radius 2 is 1.96 bits per heavy atom. The molecule has 1 fully saturated rings. The molecule has 27 heavy (non-hydrogen) atoms. The van der Waals surface area contributed by atoms with Crippen LogP contribution in [-0.4, -0.2) is 33.8 Å². The third-order valence-electron chi connectivity index (χ3n) is 5.66. The Morgan fingerprint density at radius 1 is 1.22 bits per heavy atom. The Hall–Kier alpha value is -1.92. The van der Waals surface area contributed by atoms with Gasteiger partial charge in [-0.2, -0.15) is 10.1 Å². The first kappa shape index (κ1) is 19.8. The summed E-state index contributed by atoms with van der Waals surface area (Å²) in [4.78, 5) is 17.1. The van der Waals surface area contributed by atoms with Crippen molar-refractivity contribution in [3.8, 4) is 0 Å². The van der Waals surface area contributed by atoms with Gasteiger partial charge in [-0.05, 0) is 62.2 Å². The quantitative estimate of drug-likeness (QED) is 0.843. The zero-order valence-electron chi connectivity index (χ0n) is 15.8. The van der Waals surface area contributed by atoms with Gasteiger partial charge in [-0.15, -0.1) is 12.4 Å². The van der Waals surface area contributed by atoms with Crippen LogP contribution < -0.4 is 10.6 Å². The van der Waals surface area contributed by atoms with Gasteiger partial charge in [0.2, 0.25) is 11.9 Å². The molecule has 2 N–H and O–H groups in total. The lowest BCUT2D eigenvalue weighted by Crippen LogP contribution is -2.27. The summed E-state index contributed by atoms with van der Waals surface area (Å²) in [7, 11) is 1.85. The van der Waals surface area contributed by atoms with Crippen molar-refractivity contribution in [3.05, 3.63) is 41.2 Å². The number of nitrogens with one attached hydrogen (secondary N) is 2. The first-order valence-electron chi connectivity index (χ1n) is 9.67. The minimum atomic E-state index is 0. The van der Waals surface area contributed by atoms with Crippen LogP contribution in [0.4, 0.5) is 5.95 Å². The van der Waals surface area contributed by atoms with Gasteiger partial charge in [0.25, 0.3) is 0 Å². The summed E-state index contributed by atoms with van der Waals surface area (Å²) in [5.41, 5.74) is 2.83. The lowest BCUT2D eigenvalue weighted by molar-refractivity contribution is -0.117. The van der Waals surface area contributed by atoms with E-state index in [2.05, 4.69) is 45.0 Å². The lowest BCUT2D eigenvalue weighted by atomic mass is 9.82. The molecule has 0 saturated carbocycles. The smallest absolute Gasteiger partial charge is 0.227 e. The number of rotatable bonds is 4. The van der Waals surface area contributed by atoms with Crippen LogP contribution in [0.5, 0.6) is 0 Å². The average Bonchev–Trinajstić information content (AvgIpc) is 3.03. The lowest BCUT2D eigenvalue weighted by Gasteiger charge is -2.23. The van der Waals surface area contributed by atoms with Gasteiger partial charge in [-0.1, -0.05) is 24.3 Å². The van der Waals surface area contributed by atoms with Crippen LogP contribution in [0.25, 0.3) is 0 Å². The standard InChI is InChI=1S/C20H27N5O.ClH/c1-25-20(23-19(24-25)16-8-10-21-11-9-16)22-18(26)13-14-6-7-15-4-2-3-5-17(15)12-14;/h2-5,14,16,21H,6-13H2,1H3,(H,22,23,24,26);1H. The summed E-state index contributed by atoms with van der Waals surface area (Å²) < 4.78 is 1.70. The molecule has 146 valence electrons. The third-order valence-corrected chi connectivity index (χ3v) is 5.66. The molecule has 0 radical (unpaired) electrons. The summed E-state index contributed by atoms with van der Waals surface area (Å²) in [5, 5.41) is 10.9. The maximum Gasteiger partial charge on any atom is 0.227 e. The molecule has 0 spiro atoms. The number of anilines is 1. The summed E-state index contributed by atoms with van der Waals surface area (Å²) in [6.07, 6.45) is 5.78. The molecule has 1 atom stereocenters. The number of benzene rings is 1. The predicted molar refractivity (Wildman–Crippen MR) is 108 cm³/mol. The molecule has 1 aromatic heterocycles. The first-order valence-corrected chi connectivity index (χ1v) is 9.67. The Bertz CT molecular complexity index is 784. The van der Waals surface area contributed by atoms with Crippen molar-refractivity contribution >= 4 is 24.3 Å². The molecule has 2 aromatic rings. The Morgan fingerprint density at radius 3 is 2.74 bits per heavy atom. The second-order valence-corrected chi connectivity index (χ2v) is 7.57. The Balaban J connectivity index is 0.00000210. The number of piperidine rings is 1. The largest absolute Gasteiger partial charge is 0.317 e. The molecule has 1 amide bonds. The average molecular weight is 390 g/mol. The molecule has 0 bridgehead atoms. The van der Waals surface area contributed by atoms with Gasteiger partial charge in [-0.3, -0.25) is 10.1 Å². The van der Waals surface area contributed by atoms with Crippen molar-refractivity contribution in [3.63, 3.8) is 0 Å². The van der Waals surface area contributed by atoms with Crippen LogP contribution in [0.15, 0.2) is 24.3 Å². The van der Waals surface area contributed by atoms with E-state index in [-0.39, 0.29) is 18.3 Å². The van der Waals surface area contributed by atoms with Gasteiger partial charge in [0.15, 0.2) is 5.82 Å². The number of fused-ring (bicyclic) bond motifs is 1. The number of hydrogen-bond acceptors (Lipinski definition) is 4. The summed E-state index contributed by atoms with van der Waals surface area (Å²) in [6.45, 7) is 2.02. The van der Waals surface area contributed by atoms with Gasteiger partial charge in [0, 0.05) is 19.4 Å². The Labute approximate surface area is 166 Å². The first-order chi connectivity index (χ1) is 12.7. The van der Waals surface area contributed by atoms with E-state index >= 15 is 0 Å². The van der Waals surface area contributed by atoms with E-state index in [0.717, 1.165) is 51.0 Å². The fourth-order valence-corrected chi connectivity index (χ4v) is 4.15. The predicted octanol–water partition coefficient (Wildman–Crippen LogP) is 2.84. The zero-order valence-corrected chi connectivity index (χ0v) is 16.6. The summed E-state index contributed by atoms with van der Waals surface area (Å²) in [6, 6.07) is 8.57. The minimum Gasteiger partial charge on any atom is -0.317 e. The highest BCUT2D eigenvalue weighted by molar-refractivity contribution is 5.89. The maximum absolute atomic E-state index is 12.5. The number of aromatic nitrogens is 3. The van der Waals surface area contributed by atoms with Crippen LogP contribution in [0.3, 0.4) is 0 Å². The molecular weight excluding hydrogens is 362 g/mol. The molecule has 1 aromatic carbocycles. The van der Waals surface area contributed by atoms with Crippen LogP contribution in [0.2, 0.25) is 0 Å². The highest BCUT2D eigenvalue weighted by Gasteiger charge is 2.23. The van der Waals surface area contributed by atoms with Crippen LogP contribution >= 0.6 is 12.4 Å². The molecule has 2 aliphatic rings. The van der Waals surface area contributed by atoms with Crippen molar-refractivity contribution < 1.29 is 4.79 Å². The highest BCUT2D eigenvalue weighted by Crippen LogP contribution is 2.28. The van der Waals surface area contributed by atoms with Gasteiger partial charge in [0.05, 0.1) is 0 Å². The molecule has 7 heteroatoms. The Kier molecular flexibility index (Phi) is 6.50. The molecule has 1 saturated heterocycles. The van der Waals surface area contributed by atoms with E-state index in [4.69, 9.17) is 0 Å². The van der Waals surface area contributed by atoms with E-state index < -0.39 is 0 Å². The second-order valence-electron chi connectivity index (χ2n) is 7.57. The monoisotopic (exact) mass is 389 g/mol. The fourth-order valence-electron chi connectivity index (χ4n) is 4.15. The normalized spacial score (nSPS) is 19.8. The van der Waals surface area contributed by atoms with Gasteiger partial charge in [0.1, 0.15) is 0 Å². The van der Waals surface area contributed by atoms with E-state index in [1.54, 1.807) is 4.68 Å². The van der Waals surface area contributed by atoms with E-state index in [1.165, 1.54) is 11.1 Å². The van der Waals surface area contributed by atoms with E-state index in [9.17, 15) is 4.79 Å². The fraction of sp³-hybridized carbons (Fsp3) is 0.550. The van der Waals surface area contributed by atoms with Crippen molar-refractivity contribution in [1.29, 1.82) is 0 Å². The molecular formula is C20H28ClN5O. The summed E-state index contributed by atoms with van der Waals surface area (Å²) in [5.74, 6) is 2.27. The highest BCUT2D eigenvalue weighted by atomic mass is 35.5. The maximum atomic E-state index is 12.5. The number of nitrogens with zero attached hydrogens (tertiary/aromatic N) is 3. The number of amides is 1. The number of halogens is 1. The van der Waals surface area contributed by atoms with Crippen molar-refractivity contribution in [2.45, 2.75) is 44.4 Å². The number of hydrogen-bond donors (Lipinski definition) is 2. The van der Waals surface area contributed by atoms with Crippen molar-refractivity contribution in [2.75, 3.05) is 18.4 Å². The summed E-state index contributed by atoms with van der Waals surface area (Å²) >= 11 is 0. The number of carbonyl (C=O) groups excluding carboxylic acids is 1. The topological polar surface area (TPSA) is 71.8 Å². The molecule has 2 heterocycles.